The maximum atomic E-state index is 11.9. The Labute approximate surface area is 106 Å². The van der Waals surface area contributed by atoms with Crippen LogP contribution in [0, 0.1) is 18.8 Å². The van der Waals surface area contributed by atoms with Crippen LogP contribution in [0.15, 0.2) is 0 Å². The number of esters is 1. The number of carbonyl (C=O) groups excluding carboxylic acids is 1. The molecule has 0 saturated heterocycles. The fourth-order valence-electron chi connectivity index (χ4n) is 1.88. The second-order valence-electron chi connectivity index (χ2n) is 4.64. The van der Waals surface area contributed by atoms with E-state index in [1.54, 1.807) is 11.6 Å². The summed E-state index contributed by atoms with van der Waals surface area (Å²) in [5, 5.41) is 4.57. The Hall–Kier alpha value is -1.03. The quantitative estimate of drug-likeness (QED) is 0.778. The lowest BCUT2D eigenvalue weighted by Gasteiger charge is -2.03. The molecule has 0 N–H and O–H groups in total. The lowest BCUT2D eigenvalue weighted by Crippen LogP contribution is -2.09. The lowest BCUT2D eigenvalue weighted by atomic mass is 10.2. The average molecular weight is 257 g/mol. The van der Waals surface area contributed by atoms with Gasteiger partial charge in [0.05, 0.1) is 12.3 Å². The van der Waals surface area contributed by atoms with Gasteiger partial charge in [-0.05, 0) is 32.1 Å². The molecule has 2 rings (SSSR count). The van der Waals surface area contributed by atoms with Crippen molar-refractivity contribution in [2.24, 2.45) is 11.8 Å². The van der Waals surface area contributed by atoms with E-state index in [-0.39, 0.29) is 5.97 Å². The highest BCUT2D eigenvalue weighted by Gasteiger charge is 2.34. The van der Waals surface area contributed by atoms with Crippen LogP contribution in [0.1, 0.15) is 36.3 Å². The zero-order chi connectivity index (χ0) is 12.6. The molecule has 5 heteroatoms. The molecule has 0 radical (unpaired) electrons. The number of ether oxygens (including phenoxy) is 1. The van der Waals surface area contributed by atoms with Crippen LogP contribution in [0.4, 0.5) is 0 Å². The molecule has 2 atom stereocenters. The van der Waals surface area contributed by atoms with Gasteiger partial charge in [-0.25, -0.2) is 4.79 Å². The summed E-state index contributed by atoms with van der Waals surface area (Å²) in [7, 11) is 0. The molecule has 1 aromatic heterocycles. The minimum atomic E-state index is -0.355. The topological polar surface area (TPSA) is 44.1 Å². The Balaban J connectivity index is 2.05. The summed E-state index contributed by atoms with van der Waals surface area (Å²) in [5.74, 6) is 0.850. The lowest BCUT2D eigenvalue weighted by molar-refractivity contribution is 0.0480. The molecule has 4 nitrogen and oxygen atoms in total. The van der Waals surface area contributed by atoms with E-state index in [0.29, 0.717) is 41.4 Å². The Morgan fingerprint density at radius 1 is 1.65 bits per heavy atom. The van der Waals surface area contributed by atoms with Crippen molar-refractivity contribution >= 4 is 17.6 Å². The van der Waals surface area contributed by atoms with Crippen molar-refractivity contribution in [3.63, 3.8) is 0 Å². The first-order chi connectivity index (χ1) is 8.04. The van der Waals surface area contributed by atoms with E-state index in [1.807, 2.05) is 6.92 Å². The molecule has 1 aromatic rings. The van der Waals surface area contributed by atoms with Crippen molar-refractivity contribution in [1.82, 2.24) is 9.78 Å². The van der Waals surface area contributed by atoms with E-state index >= 15 is 0 Å². The Morgan fingerprint density at radius 3 is 2.76 bits per heavy atom. The van der Waals surface area contributed by atoms with Crippen molar-refractivity contribution in [3.8, 4) is 0 Å². The van der Waals surface area contributed by atoms with Crippen molar-refractivity contribution in [2.75, 3.05) is 6.61 Å². The van der Waals surface area contributed by atoms with Crippen molar-refractivity contribution in [2.45, 2.75) is 33.7 Å². The molecular formula is C12H17ClN2O2. The van der Waals surface area contributed by atoms with E-state index in [9.17, 15) is 4.79 Å². The summed E-state index contributed by atoms with van der Waals surface area (Å²) < 4.78 is 6.87. The molecule has 1 fully saturated rings. The SMILES string of the molecule is CCn1nc(C)c(C(=O)OC[C@@H]2C[C@H]2C)c1Cl. The molecule has 1 aliphatic rings. The number of halogens is 1. The van der Waals surface area contributed by atoms with Crippen molar-refractivity contribution in [3.05, 3.63) is 16.4 Å². The van der Waals surface area contributed by atoms with Gasteiger partial charge >= 0.3 is 5.97 Å². The molecule has 0 aliphatic heterocycles. The number of nitrogens with zero attached hydrogens (tertiary/aromatic N) is 2. The number of aromatic nitrogens is 2. The monoisotopic (exact) mass is 256 g/mol. The first kappa shape index (κ1) is 12.4. The van der Waals surface area contributed by atoms with E-state index in [4.69, 9.17) is 16.3 Å². The number of rotatable bonds is 4. The third-order valence-electron chi connectivity index (χ3n) is 3.27. The van der Waals surface area contributed by atoms with Crippen LogP contribution < -0.4 is 0 Å². The summed E-state index contributed by atoms with van der Waals surface area (Å²) in [4.78, 5) is 11.9. The van der Waals surface area contributed by atoms with Gasteiger partial charge in [0.15, 0.2) is 0 Å². The third kappa shape index (κ3) is 2.46. The first-order valence-electron chi connectivity index (χ1n) is 5.94. The normalized spacial score (nSPS) is 22.6. The summed E-state index contributed by atoms with van der Waals surface area (Å²) in [5.41, 5.74) is 1.03. The molecule has 0 amide bonds. The van der Waals surface area contributed by atoms with Gasteiger partial charge in [-0.15, -0.1) is 0 Å². The zero-order valence-corrected chi connectivity index (χ0v) is 11.1. The Morgan fingerprint density at radius 2 is 2.29 bits per heavy atom. The summed E-state index contributed by atoms with van der Waals surface area (Å²) in [6.45, 7) is 7.00. The van der Waals surface area contributed by atoms with Gasteiger partial charge in [-0.2, -0.15) is 5.10 Å². The second kappa shape index (κ2) is 4.69. The third-order valence-corrected chi connectivity index (χ3v) is 3.66. The van der Waals surface area contributed by atoms with Crippen LogP contribution in [-0.4, -0.2) is 22.4 Å². The standard InChI is InChI=1S/C12H17ClN2O2/c1-4-15-11(13)10(8(3)14-15)12(16)17-6-9-5-7(9)2/h7,9H,4-6H2,1-3H3/t7-,9+/m1/s1. The highest BCUT2D eigenvalue weighted by Crippen LogP contribution is 2.37. The van der Waals surface area contributed by atoms with Gasteiger partial charge in [0.1, 0.15) is 10.7 Å². The van der Waals surface area contributed by atoms with E-state index < -0.39 is 0 Å². The molecule has 0 bridgehead atoms. The molecule has 0 spiro atoms. The molecule has 0 unspecified atom stereocenters. The first-order valence-corrected chi connectivity index (χ1v) is 6.32. The minimum Gasteiger partial charge on any atom is -0.462 e. The largest absolute Gasteiger partial charge is 0.462 e. The Kier molecular flexibility index (Phi) is 3.43. The smallest absolute Gasteiger partial charge is 0.343 e. The molecule has 0 aromatic carbocycles. The van der Waals surface area contributed by atoms with E-state index in [1.165, 1.54) is 0 Å². The average Bonchev–Trinajstić information content (AvgIpc) is 2.91. The number of hydrogen-bond acceptors (Lipinski definition) is 3. The van der Waals surface area contributed by atoms with Crippen molar-refractivity contribution in [1.29, 1.82) is 0 Å². The number of carbonyl (C=O) groups is 1. The summed E-state index contributed by atoms with van der Waals surface area (Å²) in [6, 6.07) is 0. The molecule has 94 valence electrons. The number of hydrogen-bond donors (Lipinski definition) is 0. The minimum absolute atomic E-state index is 0.355. The van der Waals surface area contributed by atoms with Crippen LogP contribution >= 0.6 is 11.6 Å². The van der Waals surface area contributed by atoms with E-state index in [0.717, 1.165) is 6.42 Å². The fraction of sp³-hybridized carbons (Fsp3) is 0.667. The summed E-state index contributed by atoms with van der Waals surface area (Å²) >= 11 is 6.08. The Bertz CT molecular complexity index is 442. The zero-order valence-electron chi connectivity index (χ0n) is 10.4. The fourth-order valence-corrected chi connectivity index (χ4v) is 2.25. The van der Waals surface area contributed by atoms with Gasteiger partial charge in [-0.3, -0.25) is 4.68 Å². The number of aryl methyl sites for hydroxylation is 2. The van der Waals surface area contributed by atoms with Crippen LogP contribution in [0.3, 0.4) is 0 Å². The van der Waals surface area contributed by atoms with Gasteiger partial charge in [0.2, 0.25) is 0 Å². The summed E-state index contributed by atoms with van der Waals surface area (Å²) in [6.07, 6.45) is 1.15. The highest BCUT2D eigenvalue weighted by atomic mass is 35.5. The second-order valence-corrected chi connectivity index (χ2v) is 5.00. The van der Waals surface area contributed by atoms with Gasteiger partial charge in [0.25, 0.3) is 0 Å². The maximum absolute atomic E-state index is 11.9. The van der Waals surface area contributed by atoms with Crippen LogP contribution in [0.5, 0.6) is 0 Å². The maximum Gasteiger partial charge on any atom is 0.343 e. The van der Waals surface area contributed by atoms with Gasteiger partial charge in [0, 0.05) is 6.54 Å². The molecule has 1 aliphatic carbocycles. The van der Waals surface area contributed by atoms with E-state index in [2.05, 4.69) is 12.0 Å². The highest BCUT2D eigenvalue weighted by molar-refractivity contribution is 6.32. The van der Waals surface area contributed by atoms with Crippen LogP contribution in [0.2, 0.25) is 5.15 Å². The molecule has 17 heavy (non-hydrogen) atoms. The molecule has 1 heterocycles. The van der Waals surface area contributed by atoms with Gasteiger partial charge in [-0.1, -0.05) is 18.5 Å². The molecule has 1 saturated carbocycles. The van der Waals surface area contributed by atoms with Crippen LogP contribution in [0.25, 0.3) is 0 Å². The van der Waals surface area contributed by atoms with Crippen molar-refractivity contribution < 1.29 is 9.53 Å². The van der Waals surface area contributed by atoms with Crippen LogP contribution in [-0.2, 0) is 11.3 Å². The predicted octanol–water partition coefficient (Wildman–Crippen LogP) is 2.68. The van der Waals surface area contributed by atoms with Gasteiger partial charge < -0.3 is 4.74 Å². The predicted molar refractivity (Wildman–Crippen MR) is 65.2 cm³/mol. The molecular weight excluding hydrogens is 240 g/mol.